The second-order valence-electron chi connectivity index (χ2n) is 8.74. The predicted octanol–water partition coefficient (Wildman–Crippen LogP) is 5.66. The Hall–Kier alpha value is -3.00. The van der Waals surface area contributed by atoms with Crippen LogP contribution in [0.1, 0.15) is 17.5 Å². The van der Waals surface area contributed by atoms with Gasteiger partial charge in [-0.3, -0.25) is 4.90 Å². The molecule has 0 spiro atoms. The summed E-state index contributed by atoms with van der Waals surface area (Å²) in [6.07, 6.45) is 0.885. The van der Waals surface area contributed by atoms with E-state index in [9.17, 15) is 4.39 Å². The van der Waals surface area contributed by atoms with Crippen LogP contribution in [0.3, 0.4) is 0 Å². The van der Waals surface area contributed by atoms with Crippen molar-refractivity contribution >= 4 is 21.6 Å². The van der Waals surface area contributed by atoms with Crippen molar-refractivity contribution in [3.8, 4) is 22.1 Å². The molecule has 0 N–H and O–H groups in total. The lowest BCUT2D eigenvalue weighted by molar-refractivity contribution is 0.137. The number of fused-ring (bicyclic) bond motifs is 2. The van der Waals surface area contributed by atoms with Gasteiger partial charge in [0.05, 0.1) is 23.4 Å². The summed E-state index contributed by atoms with van der Waals surface area (Å²) in [5.41, 5.74) is 4.02. The molecule has 0 radical (unpaired) electrons. The van der Waals surface area contributed by atoms with Gasteiger partial charge in [-0.1, -0.05) is 24.3 Å². The number of halogens is 1. The zero-order valence-electron chi connectivity index (χ0n) is 18.7. The fraction of sp³-hybridized carbons (Fsp3) is 0.296. The number of para-hydroxylation sites is 1. The third kappa shape index (κ3) is 4.51. The van der Waals surface area contributed by atoms with Gasteiger partial charge in [-0.25, -0.2) is 9.37 Å². The van der Waals surface area contributed by atoms with E-state index in [1.807, 2.05) is 24.3 Å². The molecule has 0 amide bonds. The molecule has 5 nitrogen and oxygen atoms in total. The number of benzene rings is 3. The normalized spacial score (nSPS) is 18.4. The molecule has 6 rings (SSSR count). The summed E-state index contributed by atoms with van der Waals surface area (Å²) >= 11 is 1.68. The van der Waals surface area contributed by atoms with Gasteiger partial charge in [-0.2, -0.15) is 0 Å². The highest BCUT2D eigenvalue weighted by molar-refractivity contribution is 7.21. The molecule has 1 fully saturated rings. The van der Waals surface area contributed by atoms with E-state index < -0.39 is 0 Å². The molecule has 1 atom stereocenters. The van der Waals surface area contributed by atoms with Crippen LogP contribution in [0.2, 0.25) is 0 Å². The van der Waals surface area contributed by atoms with Gasteiger partial charge in [0.25, 0.3) is 0 Å². The van der Waals surface area contributed by atoms with Crippen LogP contribution in [-0.2, 0) is 17.8 Å². The maximum Gasteiger partial charge on any atom is 0.165 e. The van der Waals surface area contributed by atoms with E-state index in [1.54, 1.807) is 23.5 Å². The van der Waals surface area contributed by atoms with Crippen LogP contribution in [0.15, 0.2) is 60.7 Å². The molecule has 2 aliphatic heterocycles. The largest absolute Gasteiger partial charge is 0.488 e. The Morgan fingerprint density at radius 2 is 2.03 bits per heavy atom. The van der Waals surface area contributed by atoms with E-state index in [4.69, 9.17) is 19.2 Å². The summed E-state index contributed by atoms with van der Waals surface area (Å²) in [6, 6.07) is 19.2. The van der Waals surface area contributed by atoms with Gasteiger partial charge in [-0.05, 0) is 42.0 Å². The maximum atomic E-state index is 13.7. The molecule has 0 bridgehead atoms. The van der Waals surface area contributed by atoms with Crippen LogP contribution in [0, 0.1) is 5.82 Å². The number of thiazole rings is 1. The van der Waals surface area contributed by atoms with Crippen LogP contribution in [-0.4, -0.2) is 42.4 Å². The molecule has 0 saturated carbocycles. The Balaban J connectivity index is 1.37. The summed E-state index contributed by atoms with van der Waals surface area (Å²) in [4.78, 5) is 7.15. The lowest BCUT2D eigenvalue weighted by Crippen LogP contribution is -2.25. The summed E-state index contributed by atoms with van der Waals surface area (Å²) in [7, 11) is 0. The standard InChI is InChI=1S/C27H25FN2O3S/c28-21-5-3-4-18(12-21)15-30-9-11-32-26-20(16-30)13-19(14-24(26)33-22-8-10-31-17-22)27-29-23-6-1-2-7-25(23)34-27/h1-7,12-14,22H,8-11,15-17H2. The molecular weight excluding hydrogens is 451 g/mol. The number of aromatic nitrogens is 1. The van der Waals surface area contributed by atoms with Crippen molar-refractivity contribution in [3.63, 3.8) is 0 Å². The Morgan fingerprint density at radius 1 is 1.09 bits per heavy atom. The molecule has 3 aromatic carbocycles. The molecular formula is C27H25FN2O3S. The van der Waals surface area contributed by atoms with Gasteiger partial charge < -0.3 is 14.2 Å². The molecule has 2 aliphatic rings. The van der Waals surface area contributed by atoms with Crippen molar-refractivity contribution in [2.45, 2.75) is 25.6 Å². The second kappa shape index (κ2) is 9.33. The van der Waals surface area contributed by atoms with E-state index in [0.717, 1.165) is 56.4 Å². The summed E-state index contributed by atoms with van der Waals surface area (Å²) in [5, 5.41) is 0.956. The topological polar surface area (TPSA) is 43.8 Å². The summed E-state index contributed by atoms with van der Waals surface area (Å²) < 4.78 is 33.1. The minimum absolute atomic E-state index is 0.0185. The fourth-order valence-corrected chi connectivity index (χ4v) is 5.51. The smallest absolute Gasteiger partial charge is 0.165 e. The van der Waals surface area contributed by atoms with Gasteiger partial charge in [0, 0.05) is 37.2 Å². The first-order valence-electron chi connectivity index (χ1n) is 11.6. The maximum absolute atomic E-state index is 13.7. The Morgan fingerprint density at radius 3 is 2.88 bits per heavy atom. The van der Waals surface area contributed by atoms with Gasteiger partial charge in [0.1, 0.15) is 23.5 Å². The SMILES string of the molecule is Fc1cccc(CN2CCOc3c(cc(-c4nc5ccccc5s4)cc3OC3CCOC3)C2)c1. The molecule has 1 unspecified atom stereocenters. The first kappa shape index (κ1) is 21.5. The van der Waals surface area contributed by atoms with Crippen LogP contribution < -0.4 is 9.47 Å². The molecule has 174 valence electrons. The number of hydrogen-bond donors (Lipinski definition) is 0. The number of nitrogens with zero attached hydrogens (tertiary/aromatic N) is 2. The summed E-state index contributed by atoms with van der Waals surface area (Å²) in [5.74, 6) is 1.32. The highest BCUT2D eigenvalue weighted by Gasteiger charge is 2.25. The first-order valence-corrected chi connectivity index (χ1v) is 12.4. The first-order chi connectivity index (χ1) is 16.7. The predicted molar refractivity (Wildman–Crippen MR) is 131 cm³/mol. The van der Waals surface area contributed by atoms with Gasteiger partial charge in [-0.15, -0.1) is 11.3 Å². The van der Waals surface area contributed by atoms with E-state index in [1.165, 1.54) is 6.07 Å². The van der Waals surface area contributed by atoms with Crippen molar-refractivity contribution < 1.29 is 18.6 Å². The fourth-order valence-electron chi connectivity index (χ4n) is 4.56. The van der Waals surface area contributed by atoms with E-state index in [0.29, 0.717) is 32.9 Å². The number of rotatable bonds is 5. The van der Waals surface area contributed by atoms with Crippen LogP contribution >= 0.6 is 11.3 Å². The number of hydrogen-bond acceptors (Lipinski definition) is 6. The van der Waals surface area contributed by atoms with Gasteiger partial charge in [0.15, 0.2) is 11.5 Å². The molecule has 0 aliphatic carbocycles. The second-order valence-corrected chi connectivity index (χ2v) is 9.77. The van der Waals surface area contributed by atoms with Crippen molar-refractivity contribution in [2.75, 3.05) is 26.4 Å². The van der Waals surface area contributed by atoms with Gasteiger partial charge >= 0.3 is 0 Å². The van der Waals surface area contributed by atoms with Crippen LogP contribution in [0.25, 0.3) is 20.8 Å². The third-order valence-electron chi connectivity index (χ3n) is 6.20. The zero-order chi connectivity index (χ0) is 22.9. The Labute approximate surface area is 201 Å². The molecule has 1 saturated heterocycles. The molecule has 3 heterocycles. The molecule has 1 aromatic heterocycles. The van der Waals surface area contributed by atoms with Crippen molar-refractivity contribution in [1.29, 1.82) is 0 Å². The van der Waals surface area contributed by atoms with Crippen LogP contribution in [0.5, 0.6) is 11.5 Å². The Bertz CT molecular complexity index is 1290. The summed E-state index contributed by atoms with van der Waals surface area (Å²) in [6.45, 7) is 3.92. The molecule has 4 aromatic rings. The van der Waals surface area contributed by atoms with Gasteiger partial charge in [0.2, 0.25) is 0 Å². The lowest BCUT2D eigenvalue weighted by atomic mass is 10.1. The lowest BCUT2D eigenvalue weighted by Gasteiger charge is -2.20. The average Bonchev–Trinajstić information content (AvgIpc) is 3.45. The quantitative estimate of drug-likeness (QED) is 0.372. The minimum Gasteiger partial charge on any atom is -0.488 e. The Kier molecular flexibility index (Phi) is 5.91. The third-order valence-corrected chi connectivity index (χ3v) is 7.28. The minimum atomic E-state index is -0.212. The van der Waals surface area contributed by atoms with E-state index >= 15 is 0 Å². The van der Waals surface area contributed by atoms with E-state index in [-0.39, 0.29) is 11.9 Å². The molecule has 34 heavy (non-hydrogen) atoms. The zero-order valence-corrected chi connectivity index (χ0v) is 19.5. The van der Waals surface area contributed by atoms with Crippen molar-refractivity contribution in [2.24, 2.45) is 0 Å². The van der Waals surface area contributed by atoms with E-state index in [2.05, 4.69) is 23.1 Å². The highest BCUT2D eigenvalue weighted by Crippen LogP contribution is 2.41. The highest BCUT2D eigenvalue weighted by atomic mass is 32.1. The number of ether oxygens (including phenoxy) is 3. The monoisotopic (exact) mass is 476 g/mol. The van der Waals surface area contributed by atoms with Crippen molar-refractivity contribution in [1.82, 2.24) is 9.88 Å². The van der Waals surface area contributed by atoms with Crippen LogP contribution in [0.4, 0.5) is 4.39 Å². The van der Waals surface area contributed by atoms with Crippen molar-refractivity contribution in [3.05, 3.63) is 77.6 Å². The molecule has 7 heteroatoms. The average molecular weight is 477 g/mol.